The number of aromatic nitrogens is 1. The highest BCUT2D eigenvalue weighted by molar-refractivity contribution is 5.85. The summed E-state index contributed by atoms with van der Waals surface area (Å²) in [5.41, 5.74) is 1.06. The molecule has 1 aliphatic heterocycles. The average molecular weight is 395 g/mol. The van der Waals surface area contributed by atoms with Crippen molar-refractivity contribution in [1.82, 2.24) is 15.2 Å². The van der Waals surface area contributed by atoms with Gasteiger partial charge < -0.3 is 14.8 Å². The first-order chi connectivity index (χ1) is 12.7. The van der Waals surface area contributed by atoms with Gasteiger partial charge in [-0.05, 0) is 23.8 Å². The highest BCUT2D eigenvalue weighted by Gasteiger charge is 2.24. The molecule has 1 aliphatic rings. The standard InChI is InChI=1S/C18H22N4O4.ClH/c1-25-15-4-5-18(16(11-15)22(23)24)26-10-9-21-8-7-20-13-17(21)14-3-2-6-19-12-14;/h2-6,11-12,17,20H,7-10,13H2,1H3;1H. The largest absolute Gasteiger partial charge is 0.496 e. The molecule has 1 atom stereocenters. The van der Waals surface area contributed by atoms with E-state index in [0.29, 0.717) is 18.9 Å². The van der Waals surface area contributed by atoms with Crippen molar-refractivity contribution < 1.29 is 14.4 Å². The number of hydrogen-bond donors (Lipinski definition) is 1. The Hall–Kier alpha value is -2.42. The lowest BCUT2D eigenvalue weighted by Gasteiger charge is -2.36. The number of nitrogens with zero attached hydrogens (tertiary/aromatic N) is 3. The van der Waals surface area contributed by atoms with Crippen LogP contribution in [0.25, 0.3) is 0 Å². The van der Waals surface area contributed by atoms with Crippen molar-refractivity contribution in [2.24, 2.45) is 0 Å². The Morgan fingerprint density at radius 2 is 2.26 bits per heavy atom. The quantitative estimate of drug-likeness (QED) is 0.569. The van der Waals surface area contributed by atoms with Crippen LogP contribution in [0.3, 0.4) is 0 Å². The molecule has 1 fully saturated rings. The van der Waals surface area contributed by atoms with Gasteiger partial charge in [0.25, 0.3) is 0 Å². The molecular weight excluding hydrogens is 372 g/mol. The lowest BCUT2D eigenvalue weighted by molar-refractivity contribution is -0.385. The van der Waals surface area contributed by atoms with Gasteiger partial charge in [-0.2, -0.15) is 0 Å². The first-order valence-corrected chi connectivity index (χ1v) is 8.49. The number of piperazine rings is 1. The Labute approximate surface area is 164 Å². The molecule has 0 saturated carbocycles. The lowest BCUT2D eigenvalue weighted by atomic mass is 10.1. The molecule has 0 amide bonds. The first-order valence-electron chi connectivity index (χ1n) is 8.49. The summed E-state index contributed by atoms with van der Waals surface area (Å²) in [7, 11) is 1.47. The van der Waals surface area contributed by atoms with Gasteiger partial charge in [0, 0.05) is 44.6 Å². The van der Waals surface area contributed by atoms with Crippen molar-refractivity contribution in [3.8, 4) is 11.5 Å². The molecule has 146 valence electrons. The molecule has 1 aromatic heterocycles. The molecule has 2 aromatic rings. The summed E-state index contributed by atoms with van der Waals surface area (Å²) in [5.74, 6) is 0.687. The monoisotopic (exact) mass is 394 g/mol. The number of nitro benzene ring substituents is 1. The first kappa shape index (κ1) is 20.9. The molecule has 1 saturated heterocycles. The average Bonchev–Trinajstić information content (AvgIpc) is 2.69. The number of pyridine rings is 1. The van der Waals surface area contributed by atoms with E-state index in [9.17, 15) is 10.1 Å². The summed E-state index contributed by atoms with van der Waals surface area (Å²) in [4.78, 5) is 17.3. The third kappa shape index (κ3) is 5.29. The van der Waals surface area contributed by atoms with Crippen molar-refractivity contribution in [2.75, 3.05) is 39.9 Å². The van der Waals surface area contributed by atoms with Crippen LogP contribution in [0.2, 0.25) is 0 Å². The number of nitro groups is 1. The van der Waals surface area contributed by atoms with E-state index in [1.165, 1.54) is 13.2 Å². The third-order valence-electron chi connectivity index (χ3n) is 4.42. The molecule has 8 nitrogen and oxygen atoms in total. The molecule has 1 N–H and O–H groups in total. The van der Waals surface area contributed by atoms with Gasteiger partial charge in [0.05, 0.1) is 18.1 Å². The Bertz CT molecular complexity index is 747. The number of hydrogen-bond acceptors (Lipinski definition) is 7. The van der Waals surface area contributed by atoms with E-state index in [1.54, 1.807) is 18.3 Å². The van der Waals surface area contributed by atoms with E-state index in [2.05, 4.69) is 21.3 Å². The summed E-state index contributed by atoms with van der Waals surface area (Å²) in [6.07, 6.45) is 3.63. The van der Waals surface area contributed by atoms with Gasteiger partial charge in [0.15, 0.2) is 5.75 Å². The van der Waals surface area contributed by atoms with E-state index in [0.717, 1.165) is 25.2 Å². The highest BCUT2D eigenvalue weighted by Crippen LogP contribution is 2.31. The van der Waals surface area contributed by atoms with Crippen molar-refractivity contribution in [3.05, 3.63) is 58.4 Å². The molecule has 1 unspecified atom stereocenters. The van der Waals surface area contributed by atoms with Crippen molar-refractivity contribution in [2.45, 2.75) is 6.04 Å². The van der Waals surface area contributed by atoms with Crippen LogP contribution in [0.15, 0.2) is 42.7 Å². The minimum absolute atomic E-state index is 0. The maximum absolute atomic E-state index is 11.2. The fraction of sp³-hybridized carbons (Fsp3) is 0.389. The SMILES string of the molecule is COc1ccc(OCCN2CCNCC2c2cccnc2)c([N+](=O)[O-])c1.Cl. The number of rotatable bonds is 7. The molecule has 0 aliphatic carbocycles. The summed E-state index contributed by atoms with van der Waals surface area (Å²) >= 11 is 0. The molecule has 9 heteroatoms. The Kier molecular flexibility index (Phi) is 7.78. The zero-order chi connectivity index (χ0) is 18.4. The van der Waals surface area contributed by atoms with Crippen LogP contribution >= 0.6 is 12.4 Å². The molecule has 3 rings (SSSR count). The maximum Gasteiger partial charge on any atom is 0.314 e. The van der Waals surface area contributed by atoms with E-state index in [-0.39, 0.29) is 29.9 Å². The molecule has 1 aromatic carbocycles. The van der Waals surface area contributed by atoms with E-state index < -0.39 is 4.92 Å². The predicted molar refractivity (Wildman–Crippen MR) is 104 cm³/mol. The number of methoxy groups -OCH3 is 1. The smallest absolute Gasteiger partial charge is 0.314 e. The lowest BCUT2D eigenvalue weighted by Crippen LogP contribution is -2.47. The Morgan fingerprint density at radius 1 is 1.41 bits per heavy atom. The molecular formula is C18H23ClN4O4. The van der Waals surface area contributed by atoms with Crippen LogP contribution in [-0.2, 0) is 0 Å². The van der Waals surface area contributed by atoms with E-state index >= 15 is 0 Å². The van der Waals surface area contributed by atoms with Gasteiger partial charge in [-0.15, -0.1) is 12.4 Å². The topological polar surface area (TPSA) is 89.8 Å². The molecule has 0 spiro atoms. The van der Waals surface area contributed by atoms with Gasteiger partial charge in [-0.25, -0.2) is 0 Å². The third-order valence-corrected chi connectivity index (χ3v) is 4.42. The predicted octanol–water partition coefficient (Wildman–Crippen LogP) is 2.45. The van der Waals surface area contributed by atoms with Crippen LogP contribution in [0, 0.1) is 10.1 Å². The van der Waals surface area contributed by atoms with Crippen molar-refractivity contribution >= 4 is 18.1 Å². The molecule has 2 heterocycles. The van der Waals surface area contributed by atoms with Crippen molar-refractivity contribution in [1.29, 1.82) is 0 Å². The summed E-state index contributed by atoms with van der Waals surface area (Å²) in [5, 5.41) is 14.6. The molecule has 0 radical (unpaired) electrons. The second-order valence-electron chi connectivity index (χ2n) is 5.98. The number of halogens is 1. The zero-order valence-corrected chi connectivity index (χ0v) is 15.9. The Morgan fingerprint density at radius 3 is 2.96 bits per heavy atom. The van der Waals surface area contributed by atoms with E-state index in [4.69, 9.17) is 9.47 Å². The molecule has 27 heavy (non-hydrogen) atoms. The number of ether oxygens (including phenoxy) is 2. The van der Waals surface area contributed by atoms with Crippen molar-refractivity contribution in [3.63, 3.8) is 0 Å². The fourth-order valence-electron chi connectivity index (χ4n) is 3.08. The van der Waals surface area contributed by atoms with Crippen LogP contribution in [0.4, 0.5) is 5.69 Å². The van der Waals surface area contributed by atoms with Gasteiger partial charge in [0.1, 0.15) is 12.4 Å². The second-order valence-corrected chi connectivity index (χ2v) is 5.98. The van der Waals surface area contributed by atoms with Gasteiger partial charge in [-0.3, -0.25) is 20.0 Å². The van der Waals surface area contributed by atoms with Gasteiger partial charge in [-0.1, -0.05) is 6.07 Å². The molecule has 0 bridgehead atoms. The van der Waals surface area contributed by atoms with Gasteiger partial charge in [0.2, 0.25) is 0 Å². The highest BCUT2D eigenvalue weighted by atomic mass is 35.5. The Balaban J connectivity index is 0.00000261. The normalized spacial score (nSPS) is 17.0. The fourth-order valence-corrected chi connectivity index (χ4v) is 3.08. The zero-order valence-electron chi connectivity index (χ0n) is 15.0. The summed E-state index contributed by atoms with van der Waals surface area (Å²) in [6.45, 7) is 3.66. The van der Waals surface area contributed by atoms with Crippen LogP contribution < -0.4 is 14.8 Å². The summed E-state index contributed by atoms with van der Waals surface area (Å²) in [6, 6.07) is 8.82. The summed E-state index contributed by atoms with van der Waals surface area (Å²) < 4.78 is 10.8. The van der Waals surface area contributed by atoms with E-state index in [1.807, 2.05) is 12.3 Å². The number of benzene rings is 1. The van der Waals surface area contributed by atoms with Crippen LogP contribution in [-0.4, -0.2) is 54.7 Å². The van der Waals surface area contributed by atoms with Gasteiger partial charge >= 0.3 is 5.69 Å². The van der Waals surface area contributed by atoms with Crippen LogP contribution in [0.1, 0.15) is 11.6 Å². The minimum Gasteiger partial charge on any atom is -0.496 e. The minimum atomic E-state index is -0.457. The second kappa shape index (κ2) is 10.1. The maximum atomic E-state index is 11.2. The number of nitrogens with one attached hydrogen (secondary N) is 1. The van der Waals surface area contributed by atoms with Crippen LogP contribution in [0.5, 0.6) is 11.5 Å².